The van der Waals surface area contributed by atoms with E-state index in [0.717, 1.165) is 5.56 Å². The maximum atomic E-state index is 12.4. The number of nitrogens with one attached hydrogen (secondary N) is 2. The standard InChI is InChI=1S/C23H20N6O2/c1-25-23-27-13-11-20(29-23)19-6-3-12-26-22(19)31-18-9-7-17(8-10-18)28-21(30)15-4-2-5-16(24)14-15/h2-14H,24H2,1H3,(H,28,30)(H,25,27,29). The van der Waals surface area contributed by atoms with Crippen LogP contribution in [0.4, 0.5) is 17.3 Å². The Bertz CT molecular complexity index is 1210. The van der Waals surface area contributed by atoms with Crippen molar-refractivity contribution in [2.24, 2.45) is 0 Å². The van der Waals surface area contributed by atoms with Crippen molar-refractivity contribution in [2.45, 2.75) is 0 Å². The Balaban J connectivity index is 1.50. The summed E-state index contributed by atoms with van der Waals surface area (Å²) >= 11 is 0. The molecule has 0 unspecified atom stereocenters. The monoisotopic (exact) mass is 412 g/mol. The lowest BCUT2D eigenvalue weighted by Crippen LogP contribution is -2.11. The molecule has 0 aliphatic carbocycles. The molecule has 2 aromatic heterocycles. The van der Waals surface area contributed by atoms with Crippen LogP contribution in [-0.4, -0.2) is 27.9 Å². The second kappa shape index (κ2) is 8.91. The molecular formula is C23H20N6O2. The van der Waals surface area contributed by atoms with Crippen LogP contribution in [-0.2, 0) is 0 Å². The molecule has 0 fully saturated rings. The lowest BCUT2D eigenvalue weighted by molar-refractivity contribution is 0.102. The van der Waals surface area contributed by atoms with Crippen molar-refractivity contribution in [3.05, 3.63) is 84.7 Å². The van der Waals surface area contributed by atoms with Gasteiger partial charge in [-0.1, -0.05) is 6.07 Å². The summed E-state index contributed by atoms with van der Waals surface area (Å²) in [5.41, 5.74) is 8.82. The number of nitrogens with two attached hydrogens (primary N) is 1. The molecule has 0 bridgehead atoms. The summed E-state index contributed by atoms with van der Waals surface area (Å²) in [6.07, 6.45) is 3.32. The van der Waals surface area contributed by atoms with E-state index < -0.39 is 0 Å². The van der Waals surface area contributed by atoms with Crippen LogP contribution < -0.4 is 21.1 Å². The van der Waals surface area contributed by atoms with E-state index >= 15 is 0 Å². The van der Waals surface area contributed by atoms with Crippen LogP contribution in [0.3, 0.4) is 0 Å². The van der Waals surface area contributed by atoms with E-state index in [1.807, 2.05) is 12.1 Å². The van der Waals surface area contributed by atoms with Gasteiger partial charge in [-0.05, 0) is 60.7 Å². The van der Waals surface area contributed by atoms with Gasteiger partial charge in [0.15, 0.2) is 0 Å². The van der Waals surface area contributed by atoms with Gasteiger partial charge in [-0.15, -0.1) is 0 Å². The first-order valence-electron chi connectivity index (χ1n) is 9.53. The maximum absolute atomic E-state index is 12.4. The SMILES string of the molecule is CNc1nccc(-c2cccnc2Oc2ccc(NC(=O)c3cccc(N)c3)cc2)n1. The lowest BCUT2D eigenvalue weighted by Gasteiger charge is -2.11. The molecule has 4 N–H and O–H groups in total. The van der Waals surface area contributed by atoms with Crippen molar-refractivity contribution in [3.63, 3.8) is 0 Å². The topological polar surface area (TPSA) is 115 Å². The predicted octanol–water partition coefficient (Wildman–Crippen LogP) is 4.21. The average molecular weight is 412 g/mol. The Morgan fingerprint density at radius 3 is 2.58 bits per heavy atom. The van der Waals surface area contributed by atoms with Crippen LogP contribution in [0.1, 0.15) is 10.4 Å². The van der Waals surface area contributed by atoms with Crippen molar-refractivity contribution in [3.8, 4) is 22.9 Å². The molecule has 4 rings (SSSR count). The zero-order chi connectivity index (χ0) is 21.6. The number of hydrogen-bond acceptors (Lipinski definition) is 7. The smallest absolute Gasteiger partial charge is 0.255 e. The number of carbonyl (C=O) groups is 1. The molecule has 4 aromatic rings. The normalized spacial score (nSPS) is 10.4. The molecule has 31 heavy (non-hydrogen) atoms. The van der Waals surface area contributed by atoms with E-state index in [1.165, 1.54) is 0 Å². The third-order valence-electron chi connectivity index (χ3n) is 4.40. The summed E-state index contributed by atoms with van der Waals surface area (Å²) < 4.78 is 5.98. The van der Waals surface area contributed by atoms with Gasteiger partial charge >= 0.3 is 0 Å². The molecule has 0 atom stereocenters. The summed E-state index contributed by atoms with van der Waals surface area (Å²) in [7, 11) is 1.76. The molecule has 0 aliphatic rings. The minimum Gasteiger partial charge on any atom is -0.438 e. The zero-order valence-corrected chi connectivity index (χ0v) is 16.7. The second-order valence-electron chi connectivity index (χ2n) is 6.58. The minimum absolute atomic E-state index is 0.239. The molecule has 0 aliphatic heterocycles. The Kier molecular flexibility index (Phi) is 5.70. The Morgan fingerprint density at radius 1 is 0.968 bits per heavy atom. The number of nitrogens with zero attached hydrogens (tertiary/aromatic N) is 3. The van der Waals surface area contributed by atoms with Gasteiger partial charge in [-0.2, -0.15) is 0 Å². The summed E-state index contributed by atoms with van der Waals surface area (Å²) in [4.78, 5) is 25.3. The lowest BCUT2D eigenvalue weighted by atomic mass is 10.2. The molecule has 8 nitrogen and oxygen atoms in total. The van der Waals surface area contributed by atoms with Crippen LogP contribution in [0, 0.1) is 0 Å². The zero-order valence-electron chi connectivity index (χ0n) is 16.7. The van der Waals surface area contributed by atoms with Gasteiger partial charge in [0.05, 0.1) is 11.3 Å². The van der Waals surface area contributed by atoms with Crippen LogP contribution >= 0.6 is 0 Å². The highest BCUT2D eigenvalue weighted by molar-refractivity contribution is 6.04. The van der Waals surface area contributed by atoms with Gasteiger partial charge in [0.2, 0.25) is 11.8 Å². The molecular weight excluding hydrogens is 392 g/mol. The molecule has 0 saturated heterocycles. The van der Waals surface area contributed by atoms with Crippen molar-refractivity contribution >= 4 is 23.2 Å². The van der Waals surface area contributed by atoms with E-state index in [-0.39, 0.29) is 5.91 Å². The Labute approximate surface area is 179 Å². The molecule has 2 aromatic carbocycles. The fourth-order valence-corrected chi connectivity index (χ4v) is 2.90. The third kappa shape index (κ3) is 4.76. The van der Waals surface area contributed by atoms with E-state index in [1.54, 1.807) is 74.0 Å². The van der Waals surface area contributed by atoms with E-state index in [9.17, 15) is 4.79 Å². The highest BCUT2D eigenvalue weighted by Crippen LogP contribution is 2.31. The molecule has 0 radical (unpaired) electrons. The summed E-state index contributed by atoms with van der Waals surface area (Å²) in [6.45, 7) is 0. The van der Waals surface area contributed by atoms with Gasteiger partial charge in [0.25, 0.3) is 5.91 Å². The van der Waals surface area contributed by atoms with Crippen LogP contribution in [0.25, 0.3) is 11.3 Å². The van der Waals surface area contributed by atoms with Crippen molar-refractivity contribution < 1.29 is 9.53 Å². The van der Waals surface area contributed by atoms with Gasteiger partial charge in [-0.25, -0.2) is 15.0 Å². The maximum Gasteiger partial charge on any atom is 0.255 e. The van der Waals surface area contributed by atoms with Crippen molar-refractivity contribution in [1.82, 2.24) is 15.0 Å². The van der Waals surface area contributed by atoms with Crippen LogP contribution in [0.5, 0.6) is 11.6 Å². The number of amides is 1. The second-order valence-corrected chi connectivity index (χ2v) is 6.58. The number of benzene rings is 2. The summed E-state index contributed by atoms with van der Waals surface area (Å²) in [5.74, 6) is 1.26. The highest BCUT2D eigenvalue weighted by Gasteiger charge is 2.11. The minimum atomic E-state index is -0.239. The van der Waals surface area contributed by atoms with E-state index in [2.05, 4.69) is 25.6 Å². The number of ether oxygens (including phenoxy) is 1. The molecule has 0 spiro atoms. The fraction of sp³-hybridized carbons (Fsp3) is 0.0435. The number of hydrogen-bond donors (Lipinski definition) is 3. The van der Waals surface area contributed by atoms with Gasteiger partial charge in [0, 0.05) is 36.4 Å². The summed E-state index contributed by atoms with van der Waals surface area (Å²) in [6, 6.07) is 19.3. The van der Waals surface area contributed by atoms with Crippen LogP contribution in [0.15, 0.2) is 79.1 Å². The summed E-state index contributed by atoms with van der Waals surface area (Å²) in [5, 5.41) is 5.75. The quantitative estimate of drug-likeness (QED) is 0.406. The van der Waals surface area contributed by atoms with Gasteiger partial charge < -0.3 is 21.1 Å². The first kappa shape index (κ1) is 19.8. The number of nitrogen functional groups attached to an aromatic ring is 1. The van der Waals surface area contributed by atoms with E-state index in [4.69, 9.17) is 10.5 Å². The third-order valence-corrected chi connectivity index (χ3v) is 4.40. The fourth-order valence-electron chi connectivity index (χ4n) is 2.90. The van der Waals surface area contributed by atoms with Crippen molar-refractivity contribution in [2.75, 3.05) is 23.4 Å². The average Bonchev–Trinajstić information content (AvgIpc) is 2.81. The number of pyridine rings is 1. The van der Waals surface area contributed by atoms with Gasteiger partial charge in [-0.3, -0.25) is 4.79 Å². The number of rotatable bonds is 6. The first-order valence-corrected chi connectivity index (χ1v) is 9.53. The predicted molar refractivity (Wildman–Crippen MR) is 120 cm³/mol. The Hall–Kier alpha value is -4.46. The Morgan fingerprint density at radius 2 is 1.81 bits per heavy atom. The van der Waals surface area contributed by atoms with Crippen LogP contribution in [0.2, 0.25) is 0 Å². The molecule has 2 heterocycles. The van der Waals surface area contributed by atoms with Gasteiger partial charge in [0.1, 0.15) is 5.75 Å². The molecule has 8 heteroatoms. The first-order chi connectivity index (χ1) is 15.1. The largest absolute Gasteiger partial charge is 0.438 e. The molecule has 1 amide bonds. The highest BCUT2D eigenvalue weighted by atomic mass is 16.5. The number of carbonyl (C=O) groups excluding carboxylic acids is 1. The molecule has 154 valence electrons. The number of anilines is 3. The number of aromatic nitrogens is 3. The van der Waals surface area contributed by atoms with E-state index in [0.29, 0.717) is 40.2 Å². The van der Waals surface area contributed by atoms with Crippen molar-refractivity contribution in [1.29, 1.82) is 0 Å². The molecule has 0 saturated carbocycles.